The number of piperazine rings is 1. The van der Waals surface area contributed by atoms with Gasteiger partial charge in [0.1, 0.15) is 17.5 Å². The number of carbonyl (C=O) groups is 2. The number of para-hydroxylation sites is 1. The van der Waals surface area contributed by atoms with E-state index in [2.05, 4.69) is 10.3 Å². The molecule has 0 radical (unpaired) electrons. The number of carbonyl (C=O) groups excluding carboxylic acids is 2. The third kappa shape index (κ3) is 2.92. The van der Waals surface area contributed by atoms with E-state index in [-0.39, 0.29) is 18.3 Å². The van der Waals surface area contributed by atoms with Gasteiger partial charge in [0.25, 0.3) is 5.91 Å². The van der Waals surface area contributed by atoms with Gasteiger partial charge in [-0.25, -0.2) is 0 Å². The van der Waals surface area contributed by atoms with Gasteiger partial charge in [0.05, 0.1) is 12.6 Å². The quantitative estimate of drug-likeness (QED) is 0.760. The number of hydrogen-bond donors (Lipinski definition) is 3. The number of fused-ring (bicyclic) bond motifs is 1. The van der Waals surface area contributed by atoms with Crippen molar-refractivity contribution < 1.29 is 14.3 Å². The fourth-order valence-electron chi connectivity index (χ4n) is 3.06. The number of rotatable bonds is 3. The number of hydrogen-bond acceptors (Lipinski definition) is 4. The first kappa shape index (κ1) is 18.1. The van der Waals surface area contributed by atoms with Crippen LogP contribution in [0.3, 0.4) is 0 Å². The first-order chi connectivity index (χ1) is 11.0. The normalized spacial score (nSPS) is 17.4. The highest BCUT2D eigenvalue weighted by molar-refractivity contribution is 6.03. The first-order valence-corrected chi connectivity index (χ1v) is 7.51. The molecule has 4 N–H and O–H groups in total. The summed E-state index contributed by atoms with van der Waals surface area (Å²) in [6.07, 6.45) is 0. The molecule has 2 aromatic rings. The fraction of sp³-hybridized carbons (Fsp3) is 0.375. The molecule has 8 heteroatoms. The summed E-state index contributed by atoms with van der Waals surface area (Å²) in [5.41, 5.74) is 7.52. The largest absolute Gasteiger partial charge is 0.495 e. The van der Waals surface area contributed by atoms with E-state index in [1.807, 2.05) is 25.1 Å². The van der Waals surface area contributed by atoms with Crippen LogP contribution in [0.1, 0.15) is 16.1 Å². The third-order valence-electron chi connectivity index (χ3n) is 4.32. The van der Waals surface area contributed by atoms with E-state index in [4.69, 9.17) is 10.5 Å². The van der Waals surface area contributed by atoms with Crippen LogP contribution < -0.4 is 15.8 Å². The Kier molecular flexibility index (Phi) is 5.36. The van der Waals surface area contributed by atoms with Crippen LogP contribution in [0.15, 0.2) is 18.2 Å². The molecule has 24 heavy (non-hydrogen) atoms. The Labute approximate surface area is 145 Å². The van der Waals surface area contributed by atoms with Gasteiger partial charge < -0.3 is 25.7 Å². The molecule has 0 saturated carbocycles. The van der Waals surface area contributed by atoms with Crippen LogP contribution in [0.5, 0.6) is 5.75 Å². The van der Waals surface area contributed by atoms with Crippen molar-refractivity contribution in [3.63, 3.8) is 0 Å². The van der Waals surface area contributed by atoms with Gasteiger partial charge in [0, 0.05) is 25.0 Å². The van der Waals surface area contributed by atoms with E-state index in [0.29, 0.717) is 31.1 Å². The standard InChI is InChI=1S/C16H20N4O3.ClH/c1-9-10-4-3-5-12(23-2)14(10)19-13(9)16(22)20-7-6-18-8-11(20)15(17)21;/h3-5,11,18-19H,6-8H2,1-2H3,(H2,17,21);1H. The zero-order chi connectivity index (χ0) is 16.6. The number of amides is 2. The molecule has 0 spiro atoms. The van der Waals surface area contributed by atoms with E-state index in [9.17, 15) is 9.59 Å². The van der Waals surface area contributed by atoms with Crippen LogP contribution in [0, 0.1) is 6.92 Å². The number of aromatic nitrogens is 1. The molecule has 1 aromatic heterocycles. The highest BCUT2D eigenvalue weighted by atomic mass is 35.5. The van der Waals surface area contributed by atoms with Crippen molar-refractivity contribution >= 4 is 35.1 Å². The molecule has 3 rings (SSSR count). The maximum atomic E-state index is 12.9. The number of aryl methyl sites for hydroxylation is 1. The second-order valence-corrected chi connectivity index (χ2v) is 5.63. The molecule has 0 aliphatic carbocycles. The van der Waals surface area contributed by atoms with Crippen molar-refractivity contribution in [3.05, 3.63) is 29.5 Å². The van der Waals surface area contributed by atoms with E-state index in [1.54, 1.807) is 7.11 Å². The Morgan fingerprint density at radius 3 is 2.79 bits per heavy atom. The average Bonchev–Trinajstić information content (AvgIpc) is 2.91. The lowest BCUT2D eigenvalue weighted by atomic mass is 10.1. The molecule has 2 amide bonds. The number of methoxy groups -OCH3 is 1. The highest BCUT2D eigenvalue weighted by Crippen LogP contribution is 2.30. The molecule has 130 valence electrons. The van der Waals surface area contributed by atoms with Gasteiger partial charge in [0.2, 0.25) is 5.91 Å². The molecule has 1 aliphatic rings. The van der Waals surface area contributed by atoms with Crippen LogP contribution in [-0.2, 0) is 4.79 Å². The summed E-state index contributed by atoms with van der Waals surface area (Å²) in [5, 5.41) is 4.02. The number of nitrogens with one attached hydrogen (secondary N) is 2. The summed E-state index contributed by atoms with van der Waals surface area (Å²) >= 11 is 0. The molecule has 2 heterocycles. The summed E-state index contributed by atoms with van der Waals surface area (Å²) in [4.78, 5) is 29.2. The molecule has 1 atom stereocenters. The lowest BCUT2D eigenvalue weighted by Gasteiger charge is -2.34. The highest BCUT2D eigenvalue weighted by Gasteiger charge is 2.32. The van der Waals surface area contributed by atoms with Crippen LogP contribution in [0.4, 0.5) is 0 Å². The van der Waals surface area contributed by atoms with Crippen molar-refractivity contribution in [2.45, 2.75) is 13.0 Å². The monoisotopic (exact) mass is 352 g/mol. The molecule has 1 aliphatic heterocycles. The maximum absolute atomic E-state index is 12.9. The Morgan fingerprint density at radius 2 is 2.12 bits per heavy atom. The Morgan fingerprint density at radius 1 is 1.38 bits per heavy atom. The molecule has 7 nitrogen and oxygen atoms in total. The van der Waals surface area contributed by atoms with E-state index in [0.717, 1.165) is 16.5 Å². The third-order valence-corrected chi connectivity index (χ3v) is 4.32. The summed E-state index contributed by atoms with van der Waals surface area (Å²) in [6, 6.07) is 5.02. The second kappa shape index (κ2) is 7.11. The Bertz CT molecular complexity index is 774. The van der Waals surface area contributed by atoms with Gasteiger partial charge in [-0.3, -0.25) is 9.59 Å². The summed E-state index contributed by atoms with van der Waals surface area (Å²) in [5.74, 6) is -0.0423. The van der Waals surface area contributed by atoms with E-state index < -0.39 is 11.9 Å². The number of nitrogens with zero attached hydrogens (tertiary/aromatic N) is 1. The van der Waals surface area contributed by atoms with Crippen LogP contribution >= 0.6 is 12.4 Å². The average molecular weight is 353 g/mol. The predicted octanol–water partition coefficient (Wildman–Crippen LogP) is 0.806. The maximum Gasteiger partial charge on any atom is 0.271 e. The Hall–Kier alpha value is -2.25. The van der Waals surface area contributed by atoms with Gasteiger partial charge >= 0.3 is 0 Å². The topological polar surface area (TPSA) is 100 Å². The number of aromatic amines is 1. The number of primary amides is 1. The van der Waals surface area contributed by atoms with Crippen molar-refractivity contribution in [2.24, 2.45) is 5.73 Å². The van der Waals surface area contributed by atoms with Gasteiger partial charge in [-0.05, 0) is 18.6 Å². The second-order valence-electron chi connectivity index (χ2n) is 5.63. The molecule has 0 bridgehead atoms. The number of benzene rings is 1. The number of H-pyrrole nitrogens is 1. The van der Waals surface area contributed by atoms with Gasteiger partial charge in [-0.2, -0.15) is 0 Å². The molecule has 1 fully saturated rings. The van der Waals surface area contributed by atoms with Crippen molar-refractivity contribution in [1.82, 2.24) is 15.2 Å². The lowest BCUT2D eigenvalue weighted by Crippen LogP contribution is -2.58. The summed E-state index contributed by atoms with van der Waals surface area (Å²) in [6.45, 7) is 3.34. The minimum Gasteiger partial charge on any atom is -0.495 e. The minimum atomic E-state index is -0.635. The molecular formula is C16H21ClN4O3. The lowest BCUT2D eigenvalue weighted by molar-refractivity contribution is -0.122. The molecule has 1 aromatic carbocycles. The van der Waals surface area contributed by atoms with Gasteiger partial charge in [-0.1, -0.05) is 12.1 Å². The Balaban J connectivity index is 0.00000208. The SMILES string of the molecule is COc1cccc2c(C)c(C(=O)N3CCNCC3C(N)=O)[nH]c12.Cl. The molecule has 1 saturated heterocycles. The smallest absolute Gasteiger partial charge is 0.271 e. The van der Waals surface area contributed by atoms with Crippen LogP contribution in [0.25, 0.3) is 10.9 Å². The zero-order valence-corrected chi connectivity index (χ0v) is 14.4. The van der Waals surface area contributed by atoms with Gasteiger partial charge in [0.15, 0.2) is 0 Å². The van der Waals surface area contributed by atoms with Crippen molar-refractivity contribution in [3.8, 4) is 5.75 Å². The molecule has 1 unspecified atom stereocenters. The van der Waals surface area contributed by atoms with Crippen LogP contribution in [0.2, 0.25) is 0 Å². The van der Waals surface area contributed by atoms with E-state index >= 15 is 0 Å². The molecular weight excluding hydrogens is 332 g/mol. The predicted molar refractivity (Wildman–Crippen MR) is 93.7 cm³/mol. The zero-order valence-electron chi connectivity index (χ0n) is 13.6. The van der Waals surface area contributed by atoms with Crippen LogP contribution in [-0.4, -0.2) is 54.5 Å². The first-order valence-electron chi connectivity index (χ1n) is 7.51. The number of nitrogens with two attached hydrogens (primary N) is 1. The van der Waals surface area contributed by atoms with Crippen molar-refractivity contribution in [2.75, 3.05) is 26.7 Å². The van der Waals surface area contributed by atoms with Gasteiger partial charge in [-0.15, -0.1) is 12.4 Å². The number of ether oxygens (including phenoxy) is 1. The summed E-state index contributed by atoms with van der Waals surface area (Å²) in [7, 11) is 1.59. The fourth-order valence-corrected chi connectivity index (χ4v) is 3.06. The van der Waals surface area contributed by atoms with E-state index in [1.165, 1.54) is 4.90 Å². The minimum absolute atomic E-state index is 0. The summed E-state index contributed by atoms with van der Waals surface area (Å²) < 4.78 is 5.34. The number of halogens is 1. The van der Waals surface area contributed by atoms with Crippen molar-refractivity contribution in [1.29, 1.82) is 0 Å².